The molecule has 1 aliphatic heterocycles. The van der Waals surface area contributed by atoms with Crippen molar-refractivity contribution in [2.24, 2.45) is 13.0 Å². The van der Waals surface area contributed by atoms with Gasteiger partial charge < -0.3 is 4.90 Å². The minimum atomic E-state index is -0.184. The van der Waals surface area contributed by atoms with Gasteiger partial charge in [0.25, 0.3) is 11.8 Å². The normalized spacial score (nSPS) is 14.8. The number of carbonyl (C=O) groups is 2. The molecule has 3 aromatic rings. The molecule has 2 amide bonds. The van der Waals surface area contributed by atoms with Crippen LogP contribution in [0.1, 0.15) is 49.3 Å². The van der Waals surface area contributed by atoms with Crippen molar-refractivity contribution in [3.05, 3.63) is 44.6 Å². The highest BCUT2D eigenvalue weighted by molar-refractivity contribution is 7.14. The maximum atomic E-state index is 12.8. The molecule has 0 saturated carbocycles. The summed E-state index contributed by atoms with van der Waals surface area (Å²) in [6, 6.07) is 0. The van der Waals surface area contributed by atoms with E-state index in [-0.39, 0.29) is 11.8 Å². The summed E-state index contributed by atoms with van der Waals surface area (Å²) in [4.78, 5) is 36.6. The van der Waals surface area contributed by atoms with Crippen molar-refractivity contribution in [2.45, 2.75) is 33.1 Å². The molecule has 0 radical (unpaired) electrons. The number of aryl methyl sites for hydroxylation is 3. The van der Waals surface area contributed by atoms with Gasteiger partial charge in [-0.25, -0.2) is 9.97 Å². The first-order valence-electron chi connectivity index (χ1n) is 9.87. The van der Waals surface area contributed by atoms with Gasteiger partial charge in [-0.2, -0.15) is 5.10 Å². The molecular formula is C20H24N6O2S2. The number of anilines is 1. The molecule has 0 unspecified atom stereocenters. The Bertz CT molecular complexity index is 1050. The smallest absolute Gasteiger partial charge is 0.265 e. The molecule has 30 heavy (non-hydrogen) atoms. The van der Waals surface area contributed by atoms with Gasteiger partial charge >= 0.3 is 0 Å². The number of hydrogen-bond acceptors (Lipinski definition) is 7. The molecule has 1 N–H and O–H groups in total. The molecule has 0 bridgehead atoms. The summed E-state index contributed by atoms with van der Waals surface area (Å²) >= 11 is 2.85. The summed E-state index contributed by atoms with van der Waals surface area (Å²) in [5, 5.41) is 10.7. The van der Waals surface area contributed by atoms with Crippen LogP contribution in [0.15, 0.2) is 17.8 Å². The Kier molecular flexibility index (Phi) is 5.96. The lowest BCUT2D eigenvalue weighted by Crippen LogP contribution is -2.39. The number of nitrogens with one attached hydrogen (secondary N) is 1. The van der Waals surface area contributed by atoms with Crippen LogP contribution in [0.2, 0.25) is 0 Å². The summed E-state index contributed by atoms with van der Waals surface area (Å²) in [7, 11) is 1.82. The fraction of sp³-hybridized carbons (Fsp3) is 0.450. The Morgan fingerprint density at radius 3 is 2.67 bits per heavy atom. The predicted molar refractivity (Wildman–Crippen MR) is 117 cm³/mol. The number of thiazole rings is 2. The third-order valence-corrected chi connectivity index (χ3v) is 7.03. The van der Waals surface area contributed by atoms with Gasteiger partial charge in [0.15, 0.2) is 5.13 Å². The van der Waals surface area contributed by atoms with Gasteiger partial charge in [0, 0.05) is 37.9 Å². The number of aromatic nitrogens is 4. The molecule has 4 heterocycles. The summed E-state index contributed by atoms with van der Waals surface area (Å²) in [5.41, 5.74) is 2.20. The van der Waals surface area contributed by atoms with E-state index in [1.165, 1.54) is 22.7 Å². The number of amides is 2. The van der Waals surface area contributed by atoms with E-state index in [1.54, 1.807) is 17.1 Å². The van der Waals surface area contributed by atoms with Gasteiger partial charge in [0.1, 0.15) is 4.88 Å². The molecule has 3 aromatic heterocycles. The third-order valence-electron chi connectivity index (χ3n) is 5.28. The molecule has 1 aliphatic rings. The van der Waals surface area contributed by atoms with E-state index in [0.29, 0.717) is 29.7 Å². The first kappa shape index (κ1) is 20.7. The Balaban J connectivity index is 1.38. The van der Waals surface area contributed by atoms with Crippen LogP contribution in [0, 0.1) is 19.8 Å². The minimum Gasteiger partial charge on any atom is -0.338 e. The molecule has 4 rings (SSSR count). The molecule has 158 valence electrons. The molecule has 0 atom stereocenters. The van der Waals surface area contributed by atoms with E-state index in [9.17, 15) is 9.59 Å². The quantitative estimate of drug-likeness (QED) is 0.652. The first-order chi connectivity index (χ1) is 14.4. The van der Waals surface area contributed by atoms with Gasteiger partial charge in [-0.05, 0) is 39.0 Å². The molecule has 0 spiro atoms. The molecular weight excluding hydrogens is 420 g/mol. The van der Waals surface area contributed by atoms with Gasteiger partial charge in [0.2, 0.25) is 0 Å². The van der Waals surface area contributed by atoms with Crippen molar-refractivity contribution in [1.29, 1.82) is 0 Å². The zero-order valence-corrected chi connectivity index (χ0v) is 18.8. The lowest BCUT2D eigenvalue weighted by atomic mass is 9.91. The largest absolute Gasteiger partial charge is 0.338 e. The number of hydrogen-bond donors (Lipinski definition) is 1. The molecule has 1 fully saturated rings. The molecule has 0 aromatic carbocycles. The fourth-order valence-electron chi connectivity index (χ4n) is 3.81. The molecule has 1 saturated heterocycles. The highest BCUT2D eigenvalue weighted by Gasteiger charge is 2.28. The summed E-state index contributed by atoms with van der Waals surface area (Å²) < 4.78 is 1.68. The highest BCUT2D eigenvalue weighted by Crippen LogP contribution is 2.26. The standard InChI is InChI=1S/C20H24N6O2S2/c1-12-17(30-13(2)22-12)19(28)26-7-4-14(5-8-26)10-16-15(11-25(3)24-16)18(27)23-20-21-6-9-29-20/h6,9,11,14H,4-5,7-8,10H2,1-3H3,(H,21,23,27). The second kappa shape index (κ2) is 8.65. The van der Waals surface area contributed by atoms with E-state index in [1.807, 2.05) is 31.2 Å². The Morgan fingerprint density at radius 1 is 1.27 bits per heavy atom. The topological polar surface area (TPSA) is 93.0 Å². The Hall–Kier alpha value is -2.59. The van der Waals surface area contributed by atoms with Crippen LogP contribution >= 0.6 is 22.7 Å². The second-order valence-corrected chi connectivity index (χ2v) is 9.64. The predicted octanol–water partition coefficient (Wildman–Crippen LogP) is 3.30. The van der Waals surface area contributed by atoms with Crippen molar-refractivity contribution in [3.63, 3.8) is 0 Å². The maximum absolute atomic E-state index is 12.8. The number of nitrogens with zero attached hydrogens (tertiary/aromatic N) is 5. The van der Waals surface area contributed by atoms with Gasteiger partial charge in [-0.15, -0.1) is 22.7 Å². The van der Waals surface area contributed by atoms with Crippen LogP contribution in [0.25, 0.3) is 0 Å². The molecule has 10 heteroatoms. The lowest BCUT2D eigenvalue weighted by molar-refractivity contribution is 0.0694. The van der Waals surface area contributed by atoms with Crippen molar-refractivity contribution in [1.82, 2.24) is 24.6 Å². The van der Waals surface area contributed by atoms with Crippen LogP contribution in [0.3, 0.4) is 0 Å². The Morgan fingerprint density at radius 2 is 2.03 bits per heavy atom. The summed E-state index contributed by atoms with van der Waals surface area (Å²) in [5.74, 6) is 0.286. The third kappa shape index (κ3) is 4.44. The highest BCUT2D eigenvalue weighted by atomic mass is 32.1. The fourth-order valence-corrected chi connectivity index (χ4v) is 5.22. The number of likely N-dealkylation sites (tertiary alicyclic amines) is 1. The number of rotatable bonds is 5. The van der Waals surface area contributed by atoms with E-state index in [4.69, 9.17) is 0 Å². The van der Waals surface area contributed by atoms with Crippen molar-refractivity contribution in [2.75, 3.05) is 18.4 Å². The van der Waals surface area contributed by atoms with Crippen LogP contribution in [-0.4, -0.2) is 49.6 Å². The van der Waals surface area contributed by atoms with Crippen molar-refractivity contribution < 1.29 is 9.59 Å². The first-order valence-corrected chi connectivity index (χ1v) is 11.6. The van der Waals surface area contributed by atoms with E-state index < -0.39 is 0 Å². The van der Waals surface area contributed by atoms with Crippen LogP contribution in [-0.2, 0) is 13.5 Å². The van der Waals surface area contributed by atoms with E-state index >= 15 is 0 Å². The Labute approximate surface area is 183 Å². The zero-order chi connectivity index (χ0) is 21.3. The summed E-state index contributed by atoms with van der Waals surface area (Å²) in [6.07, 6.45) is 5.93. The zero-order valence-electron chi connectivity index (χ0n) is 17.2. The minimum absolute atomic E-state index is 0.0814. The van der Waals surface area contributed by atoms with Gasteiger partial charge in [-0.1, -0.05) is 0 Å². The summed E-state index contributed by atoms with van der Waals surface area (Å²) in [6.45, 7) is 5.25. The van der Waals surface area contributed by atoms with Crippen molar-refractivity contribution >= 4 is 39.6 Å². The number of carbonyl (C=O) groups excluding carboxylic acids is 2. The SMILES string of the molecule is Cc1nc(C)c(C(=O)N2CCC(Cc3nn(C)cc3C(=O)Nc3nccs3)CC2)s1. The molecule has 8 nitrogen and oxygen atoms in total. The van der Waals surface area contributed by atoms with Crippen LogP contribution in [0.5, 0.6) is 0 Å². The monoisotopic (exact) mass is 444 g/mol. The van der Waals surface area contributed by atoms with Gasteiger partial charge in [-0.3, -0.25) is 19.6 Å². The molecule has 0 aliphatic carbocycles. The van der Waals surface area contributed by atoms with Crippen LogP contribution in [0.4, 0.5) is 5.13 Å². The van der Waals surface area contributed by atoms with Crippen molar-refractivity contribution in [3.8, 4) is 0 Å². The average Bonchev–Trinajstić information content (AvgIpc) is 3.43. The van der Waals surface area contributed by atoms with E-state index in [0.717, 1.165) is 40.5 Å². The number of piperidine rings is 1. The average molecular weight is 445 g/mol. The maximum Gasteiger partial charge on any atom is 0.265 e. The second-order valence-electron chi connectivity index (χ2n) is 7.54. The van der Waals surface area contributed by atoms with Crippen LogP contribution < -0.4 is 5.32 Å². The van der Waals surface area contributed by atoms with Gasteiger partial charge in [0.05, 0.1) is 22.0 Å². The lowest BCUT2D eigenvalue weighted by Gasteiger charge is -2.31. The van der Waals surface area contributed by atoms with E-state index in [2.05, 4.69) is 20.4 Å².